The topological polar surface area (TPSA) is 67.8 Å². The van der Waals surface area contributed by atoms with E-state index in [1.807, 2.05) is 0 Å². The van der Waals surface area contributed by atoms with Crippen molar-refractivity contribution in [3.8, 4) is 10.7 Å². The van der Waals surface area contributed by atoms with E-state index in [9.17, 15) is 13.6 Å². The Kier molecular flexibility index (Phi) is 4.90. The molecule has 2 aromatic heterocycles. The summed E-state index contributed by atoms with van der Waals surface area (Å²) in [5.41, 5.74) is 1.95. The van der Waals surface area contributed by atoms with Gasteiger partial charge in [-0.15, -0.1) is 11.3 Å². The van der Waals surface area contributed by atoms with E-state index in [2.05, 4.69) is 20.3 Å². The molecule has 2 heterocycles. The average Bonchev–Trinajstić information content (AvgIpc) is 3.10. The lowest BCUT2D eigenvalue weighted by atomic mass is 9.86. The van der Waals surface area contributed by atoms with Gasteiger partial charge in [-0.1, -0.05) is 0 Å². The number of rotatable bonds is 4. The van der Waals surface area contributed by atoms with Gasteiger partial charge in [-0.05, 0) is 31.7 Å². The van der Waals surface area contributed by atoms with Gasteiger partial charge in [-0.2, -0.15) is 0 Å². The summed E-state index contributed by atoms with van der Waals surface area (Å²) in [6, 6.07) is 1.48. The summed E-state index contributed by atoms with van der Waals surface area (Å²) in [6.07, 6.45) is 2.95. The molecule has 1 aliphatic carbocycles. The van der Waals surface area contributed by atoms with E-state index in [-0.39, 0.29) is 17.6 Å². The Bertz CT molecular complexity index is 657. The molecule has 8 heteroatoms. The highest BCUT2D eigenvalue weighted by Gasteiger charge is 2.28. The maximum atomic E-state index is 12.6. The van der Waals surface area contributed by atoms with Gasteiger partial charge < -0.3 is 5.32 Å². The molecule has 1 aliphatic rings. The summed E-state index contributed by atoms with van der Waals surface area (Å²) in [4.78, 5) is 25.4. The first-order valence-corrected chi connectivity index (χ1v) is 8.32. The molecular formula is C15H16F2N4OS. The molecule has 23 heavy (non-hydrogen) atoms. The van der Waals surface area contributed by atoms with Gasteiger partial charge in [0.2, 0.25) is 6.43 Å². The van der Waals surface area contributed by atoms with Crippen molar-refractivity contribution in [2.75, 3.05) is 0 Å². The zero-order chi connectivity index (χ0) is 16.2. The van der Waals surface area contributed by atoms with E-state index in [1.54, 1.807) is 17.8 Å². The van der Waals surface area contributed by atoms with Crippen molar-refractivity contribution in [1.29, 1.82) is 0 Å². The van der Waals surface area contributed by atoms with Crippen LogP contribution in [-0.4, -0.2) is 33.3 Å². The number of nitrogens with zero attached hydrogens (tertiary/aromatic N) is 3. The van der Waals surface area contributed by atoms with Crippen molar-refractivity contribution in [2.24, 2.45) is 5.92 Å². The summed E-state index contributed by atoms with van der Waals surface area (Å²) < 4.78 is 25.3. The molecule has 0 aliphatic heterocycles. The molecule has 5 nitrogen and oxygen atoms in total. The van der Waals surface area contributed by atoms with Crippen LogP contribution in [0.1, 0.15) is 36.2 Å². The van der Waals surface area contributed by atoms with Gasteiger partial charge in [-0.3, -0.25) is 9.78 Å². The van der Waals surface area contributed by atoms with Crippen molar-refractivity contribution in [2.45, 2.75) is 38.2 Å². The highest BCUT2D eigenvalue weighted by molar-refractivity contribution is 7.13. The molecular weight excluding hydrogens is 322 g/mol. The number of nitrogens with one attached hydrogen (secondary N) is 1. The normalized spacial score (nSPS) is 21.3. The van der Waals surface area contributed by atoms with Gasteiger partial charge in [0.1, 0.15) is 5.69 Å². The van der Waals surface area contributed by atoms with Gasteiger partial charge in [-0.25, -0.2) is 18.7 Å². The zero-order valence-electron chi connectivity index (χ0n) is 12.3. The third kappa shape index (κ3) is 3.87. The lowest BCUT2D eigenvalue weighted by Gasteiger charge is -2.28. The van der Waals surface area contributed by atoms with Gasteiger partial charge in [0.05, 0.1) is 10.4 Å². The Hall–Kier alpha value is -1.96. The lowest BCUT2D eigenvalue weighted by molar-refractivity contribution is 0.0499. The number of carbonyl (C=O) groups is 1. The van der Waals surface area contributed by atoms with Crippen LogP contribution in [0.3, 0.4) is 0 Å². The highest BCUT2D eigenvalue weighted by Crippen LogP contribution is 2.29. The van der Waals surface area contributed by atoms with Crippen LogP contribution in [0, 0.1) is 5.92 Å². The number of carbonyl (C=O) groups excluding carboxylic acids is 1. The summed E-state index contributed by atoms with van der Waals surface area (Å²) in [5, 5.41) is 2.88. The average molecular weight is 338 g/mol. The fraction of sp³-hybridized carbons (Fsp3) is 0.467. The largest absolute Gasteiger partial charge is 0.348 e. The van der Waals surface area contributed by atoms with E-state index >= 15 is 0 Å². The zero-order valence-corrected chi connectivity index (χ0v) is 13.1. The van der Waals surface area contributed by atoms with Crippen LogP contribution in [0.25, 0.3) is 10.7 Å². The Morgan fingerprint density at radius 1 is 1.30 bits per heavy atom. The minimum atomic E-state index is -2.27. The molecule has 1 saturated carbocycles. The molecule has 0 bridgehead atoms. The van der Waals surface area contributed by atoms with Gasteiger partial charge in [0.15, 0.2) is 5.82 Å². The van der Waals surface area contributed by atoms with Crippen molar-refractivity contribution >= 4 is 17.2 Å². The predicted octanol–water partition coefficient (Wildman–Crippen LogP) is 3.15. The smallest absolute Gasteiger partial charge is 0.270 e. The number of amides is 1. The Morgan fingerprint density at radius 3 is 2.74 bits per heavy atom. The summed E-state index contributed by atoms with van der Waals surface area (Å²) in [5.74, 6) is -0.375. The van der Waals surface area contributed by atoms with E-state index in [0.717, 1.165) is 4.88 Å². The minimum Gasteiger partial charge on any atom is -0.348 e. The monoisotopic (exact) mass is 338 g/mol. The van der Waals surface area contributed by atoms with E-state index in [0.29, 0.717) is 31.5 Å². The van der Waals surface area contributed by atoms with Crippen LogP contribution in [0.4, 0.5) is 8.78 Å². The van der Waals surface area contributed by atoms with E-state index in [4.69, 9.17) is 0 Å². The number of hydrogen-bond acceptors (Lipinski definition) is 5. The van der Waals surface area contributed by atoms with Crippen LogP contribution in [0.2, 0.25) is 0 Å². The number of alkyl halides is 2. The fourth-order valence-electron chi connectivity index (χ4n) is 2.70. The number of hydrogen-bond donors (Lipinski definition) is 1. The molecule has 2 aromatic rings. The number of thiazole rings is 1. The maximum Gasteiger partial charge on any atom is 0.270 e. The van der Waals surface area contributed by atoms with Gasteiger partial charge in [0, 0.05) is 24.4 Å². The first-order valence-electron chi connectivity index (χ1n) is 7.44. The third-order valence-electron chi connectivity index (χ3n) is 4.00. The predicted molar refractivity (Wildman–Crippen MR) is 82.4 cm³/mol. The Morgan fingerprint density at radius 2 is 2.09 bits per heavy atom. The summed E-state index contributed by atoms with van der Waals surface area (Å²) >= 11 is 1.40. The first kappa shape index (κ1) is 15.9. The van der Waals surface area contributed by atoms with Crippen LogP contribution >= 0.6 is 11.3 Å². The number of halogens is 2. The quantitative estimate of drug-likeness (QED) is 0.930. The molecule has 0 radical (unpaired) electrons. The molecule has 1 N–H and O–H groups in total. The summed E-state index contributed by atoms with van der Waals surface area (Å²) in [7, 11) is 0. The number of aromatic nitrogens is 3. The second-order valence-electron chi connectivity index (χ2n) is 5.55. The van der Waals surface area contributed by atoms with Crippen LogP contribution in [-0.2, 0) is 0 Å². The minimum absolute atomic E-state index is 0.0701. The molecule has 0 aromatic carbocycles. The van der Waals surface area contributed by atoms with E-state index in [1.165, 1.54) is 17.5 Å². The standard InChI is InChI=1S/C15H16F2N4OS/c16-13(17)9-1-3-10(4-2-9)20-15(22)11-5-6-19-14(21-11)12-7-18-8-23-12/h5-10,13H,1-4H2,(H,20,22). The first-order chi connectivity index (χ1) is 11.1. The SMILES string of the molecule is O=C(NC1CCC(C(F)F)CC1)c1ccnc(-c2cncs2)n1. The Labute approximate surface area is 136 Å². The molecule has 3 rings (SSSR count). The Balaban J connectivity index is 1.62. The van der Waals surface area contributed by atoms with Crippen LogP contribution in [0.5, 0.6) is 0 Å². The maximum absolute atomic E-state index is 12.6. The second kappa shape index (κ2) is 7.08. The van der Waals surface area contributed by atoms with Crippen molar-refractivity contribution < 1.29 is 13.6 Å². The lowest BCUT2D eigenvalue weighted by Crippen LogP contribution is -2.38. The third-order valence-corrected chi connectivity index (χ3v) is 4.77. The molecule has 0 spiro atoms. The van der Waals surface area contributed by atoms with Crippen molar-refractivity contribution in [1.82, 2.24) is 20.3 Å². The molecule has 122 valence electrons. The van der Waals surface area contributed by atoms with E-state index < -0.39 is 12.3 Å². The van der Waals surface area contributed by atoms with Gasteiger partial charge >= 0.3 is 0 Å². The molecule has 1 amide bonds. The molecule has 0 unspecified atom stereocenters. The summed E-state index contributed by atoms with van der Waals surface area (Å²) in [6.45, 7) is 0. The molecule has 1 fully saturated rings. The van der Waals surface area contributed by atoms with Crippen LogP contribution in [0.15, 0.2) is 24.0 Å². The van der Waals surface area contributed by atoms with Crippen molar-refractivity contribution in [3.05, 3.63) is 29.7 Å². The van der Waals surface area contributed by atoms with Gasteiger partial charge in [0.25, 0.3) is 5.91 Å². The van der Waals surface area contributed by atoms with Crippen LogP contribution < -0.4 is 5.32 Å². The second-order valence-corrected chi connectivity index (χ2v) is 6.44. The molecule has 0 atom stereocenters. The highest BCUT2D eigenvalue weighted by atomic mass is 32.1. The fourth-order valence-corrected chi connectivity index (χ4v) is 3.27. The van der Waals surface area contributed by atoms with Crippen molar-refractivity contribution in [3.63, 3.8) is 0 Å². The molecule has 0 saturated heterocycles.